The number of ether oxygens (including phenoxy) is 3. The van der Waals surface area contributed by atoms with Gasteiger partial charge in [-0.2, -0.15) is 0 Å². The third-order valence-corrected chi connectivity index (χ3v) is 5.31. The second-order valence-electron chi connectivity index (χ2n) is 8.26. The molecule has 1 amide bonds. The van der Waals surface area contributed by atoms with Crippen molar-refractivity contribution in [1.29, 1.82) is 0 Å². The fraction of sp³-hybridized carbons (Fsp3) is 0.500. The van der Waals surface area contributed by atoms with E-state index in [-0.39, 0.29) is 12.0 Å². The zero-order valence-corrected chi connectivity index (χ0v) is 18.9. The zero-order valence-electron chi connectivity index (χ0n) is 18.9. The van der Waals surface area contributed by atoms with E-state index in [0.717, 1.165) is 19.6 Å². The minimum Gasteiger partial charge on any atom is -0.493 e. The van der Waals surface area contributed by atoms with Gasteiger partial charge >= 0.3 is 0 Å². The number of nitrogens with zero attached hydrogens (tertiary/aromatic N) is 3. The van der Waals surface area contributed by atoms with Gasteiger partial charge in [0.05, 0.1) is 26.9 Å². The van der Waals surface area contributed by atoms with Crippen molar-refractivity contribution in [1.82, 2.24) is 14.8 Å². The number of methoxy groups -OCH3 is 2. The number of carbonyl (C=O) groups excluding carboxylic acids is 1. The highest BCUT2D eigenvalue weighted by Gasteiger charge is 2.26. The Morgan fingerprint density at radius 1 is 1.19 bits per heavy atom. The lowest BCUT2D eigenvalue weighted by Crippen LogP contribution is -2.49. The monoisotopic (exact) mass is 427 g/mol. The van der Waals surface area contributed by atoms with E-state index in [1.807, 2.05) is 29.4 Å². The molecule has 0 spiro atoms. The molecule has 1 aromatic heterocycles. The maximum Gasteiger partial charge on any atom is 0.254 e. The van der Waals surface area contributed by atoms with Crippen molar-refractivity contribution in [3.8, 4) is 11.5 Å². The number of aromatic nitrogens is 1. The number of hydrogen-bond acceptors (Lipinski definition) is 6. The second kappa shape index (κ2) is 11.1. The van der Waals surface area contributed by atoms with Gasteiger partial charge in [-0.3, -0.25) is 14.7 Å². The highest BCUT2D eigenvalue weighted by atomic mass is 16.5. The van der Waals surface area contributed by atoms with Crippen LogP contribution in [0.3, 0.4) is 0 Å². The Bertz CT molecular complexity index is 844. The third kappa shape index (κ3) is 6.42. The van der Waals surface area contributed by atoms with E-state index in [1.165, 1.54) is 5.56 Å². The first-order chi connectivity index (χ1) is 15.0. The topological polar surface area (TPSA) is 64.1 Å². The summed E-state index contributed by atoms with van der Waals surface area (Å²) in [6, 6.07) is 9.37. The summed E-state index contributed by atoms with van der Waals surface area (Å²) in [7, 11) is 3.16. The van der Waals surface area contributed by atoms with Crippen LogP contribution in [0.2, 0.25) is 0 Å². The van der Waals surface area contributed by atoms with Crippen LogP contribution in [0.1, 0.15) is 29.8 Å². The molecule has 0 saturated carbocycles. The van der Waals surface area contributed by atoms with Crippen molar-refractivity contribution in [2.24, 2.45) is 5.92 Å². The predicted molar refractivity (Wildman–Crippen MR) is 120 cm³/mol. The van der Waals surface area contributed by atoms with E-state index in [4.69, 9.17) is 14.2 Å². The SMILES string of the molecule is COc1ccc(C(=O)N(CC(C)C)CC2CN(Cc3ccncc3)CCO2)cc1OC. The van der Waals surface area contributed by atoms with Gasteiger partial charge in [0.25, 0.3) is 5.91 Å². The predicted octanol–water partition coefficient (Wildman–Crippen LogP) is 3.10. The molecule has 2 heterocycles. The molecule has 1 aromatic carbocycles. The molecule has 0 N–H and O–H groups in total. The van der Waals surface area contributed by atoms with E-state index in [2.05, 4.69) is 23.7 Å². The van der Waals surface area contributed by atoms with E-state index in [0.29, 0.717) is 42.7 Å². The van der Waals surface area contributed by atoms with E-state index in [1.54, 1.807) is 32.4 Å². The maximum atomic E-state index is 13.3. The normalized spacial score (nSPS) is 16.9. The van der Waals surface area contributed by atoms with Gasteiger partial charge in [-0.05, 0) is 41.8 Å². The maximum absolute atomic E-state index is 13.3. The van der Waals surface area contributed by atoms with Crippen molar-refractivity contribution in [3.05, 3.63) is 53.9 Å². The van der Waals surface area contributed by atoms with Crippen LogP contribution < -0.4 is 9.47 Å². The summed E-state index contributed by atoms with van der Waals surface area (Å²) >= 11 is 0. The molecule has 0 aliphatic carbocycles. The molecule has 168 valence electrons. The van der Waals surface area contributed by atoms with E-state index < -0.39 is 0 Å². The lowest BCUT2D eigenvalue weighted by atomic mass is 10.1. The average Bonchev–Trinajstić information content (AvgIpc) is 2.78. The first kappa shape index (κ1) is 23.0. The summed E-state index contributed by atoms with van der Waals surface area (Å²) in [5.74, 6) is 1.48. The molecule has 0 radical (unpaired) electrons. The fourth-order valence-electron chi connectivity index (χ4n) is 3.86. The van der Waals surface area contributed by atoms with Crippen LogP contribution >= 0.6 is 0 Å². The summed E-state index contributed by atoms with van der Waals surface area (Å²) in [5.41, 5.74) is 1.82. The third-order valence-electron chi connectivity index (χ3n) is 5.31. The van der Waals surface area contributed by atoms with Crippen LogP contribution in [0.4, 0.5) is 0 Å². The average molecular weight is 428 g/mol. The van der Waals surface area contributed by atoms with Crippen LogP contribution in [-0.4, -0.2) is 73.8 Å². The molecule has 7 heteroatoms. The van der Waals surface area contributed by atoms with Crippen molar-refractivity contribution in [2.75, 3.05) is 47.0 Å². The quantitative estimate of drug-likeness (QED) is 0.613. The Labute approximate surface area is 184 Å². The Kier molecular flexibility index (Phi) is 8.26. The molecule has 1 fully saturated rings. The van der Waals surface area contributed by atoms with Crippen LogP contribution in [-0.2, 0) is 11.3 Å². The number of benzene rings is 1. The second-order valence-corrected chi connectivity index (χ2v) is 8.26. The van der Waals surface area contributed by atoms with Crippen LogP contribution in [0.5, 0.6) is 11.5 Å². The summed E-state index contributed by atoms with van der Waals surface area (Å²) < 4.78 is 16.7. The smallest absolute Gasteiger partial charge is 0.254 e. The molecule has 1 aliphatic heterocycles. The molecule has 1 aliphatic rings. The number of rotatable bonds is 9. The highest BCUT2D eigenvalue weighted by Crippen LogP contribution is 2.28. The summed E-state index contributed by atoms with van der Waals surface area (Å²) in [4.78, 5) is 21.7. The molecule has 31 heavy (non-hydrogen) atoms. The molecule has 1 atom stereocenters. The number of amides is 1. The summed E-state index contributed by atoms with van der Waals surface area (Å²) in [6.07, 6.45) is 3.61. The van der Waals surface area contributed by atoms with Crippen molar-refractivity contribution >= 4 is 5.91 Å². The van der Waals surface area contributed by atoms with Gasteiger partial charge in [0.2, 0.25) is 0 Å². The van der Waals surface area contributed by atoms with E-state index >= 15 is 0 Å². The number of hydrogen-bond donors (Lipinski definition) is 0. The summed E-state index contributed by atoms with van der Waals surface area (Å²) in [5, 5.41) is 0. The zero-order chi connectivity index (χ0) is 22.2. The van der Waals surface area contributed by atoms with Crippen LogP contribution in [0.25, 0.3) is 0 Å². The Morgan fingerprint density at radius 2 is 1.94 bits per heavy atom. The van der Waals surface area contributed by atoms with E-state index in [9.17, 15) is 4.79 Å². The minimum atomic E-state index is -0.0292. The lowest BCUT2D eigenvalue weighted by molar-refractivity contribution is -0.0438. The van der Waals surface area contributed by atoms with Crippen molar-refractivity contribution < 1.29 is 19.0 Å². The van der Waals surface area contributed by atoms with Gasteiger partial charge in [0.15, 0.2) is 11.5 Å². The van der Waals surface area contributed by atoms with Gasteiger partial charge in [-0.15, -0.1) is 0 Å². The minimum absolute atomic E-state index is 0.0236. The van der Waals surface area contributed by atoms with Crippen LogP contribution in [0.15, 0.2) is 42.7 Å². The van der Waals surface area contributed by atoms with Gasteiger partial charge < -0.3 is 19.1 Å². The Morgan fingerprint density at radius 3 is 2.61 bits per heavy atom. The first-order valence-electron chi connectivity index (χ1n) is 10.7. The molecule has 1 unspecified atom stereocenters. The largest absolute Gasteiger partial charge is 0.493 e. The van der Waals surface area contributed by atoms with Gasteiger partial charge in [-0.1, -0.05) is 13.8 Å². The van der Waals surface area contributed by atoms with Crippen molar-refractivity contribution in [2.45, 2.75) is 26.5 Å². The standard InChI is InChI=1S/C24H33N3O4/c1-18(2)14-27(24(28)20-5-6-22(29-3)23(13-20)30-4)17-21-16-26(11-12-31-21)15-19-7-9-25-10-8-19/h5-10,13,18,21H,11-12,14-17H2,1-4H3. The highest BCUT2D eigenvalue weighted by molar-refractivity contribution is 5.95. The van der Waals surface area contributed by atoms with Gasteiger partial charge in [0.1, 0.15) is 0 Å². The van der Waals surface area contributed by atoms with Crippen molar-refractivity contribution in [3.63, 3.8) is 0 Å². The molecule has 7 nitrogen and oxygen atoms in total. The molecule has 0 bridgehead atoms. The number of carbonyl (C=O) groups is 1. The number of morpholine rings is 1. The Hall–Kier alpha value is -2.64. The first-order valence-corrected chi connectivity index (χ1v) is 10.7. The lowest BCUT2D eigenvalue weighted by Gasteiger charge is -2.36. The molecular formula is C24H33N3O4. The molecule has 3 rings (SSSR count). The number of pyridine rings is 1. The molecule has 2 aromatic rings. The Balaban J connectivity index is 1.69. The summed E-state index contributed by atoms with van der Waals surface area (Å²) in [6.45, 7) is 8.64. The molecular weight excluding hydrogens is 394 g/mol. The van der Waals surface area contributed by atoms with Gasteiger partial charge in [0, 0.05) is 50.7 Å². The molecule has 1 saturated heterocycles. The fourth-order valence-corrected chi connectivity index (χ4v) is 3.86. The van der Waals surface area contributed by atoms with Crippen LogP contribution in [0, 0.1) is 5.92 Å². The van der Waals surface area contributed by atoms with Gasteiger partial charge in [-0.25, -0.2) is 0 Å².